The molecule has 1 aliphatic rings. The SMILES string of the molecule is c1cn2c(Nc3cc(C4CC4)[nH]n3)nc(-c3ccc4[nH]ccc4c3)cc2n1. The first-order valence-corrected chi connectivity index (χ1v) is 9.07. The van der Waals surface area contributed by atoms with E-state index in [1.54, 1.807) is 6.20 Å². The summed E-state index contributed by atoms with van der Waals surface area (Å²) in [6.45, 7) is 0. The lowest BCUT2D eigenvalue weighted by atomic mass is 10.1. The second-order valence-corrected chi connectivity index (χ2v) is 7.01. The van der Waals surface area contributed by atoms with Crippen molar-refractivity contribution in [1.82, 2.24) is 29.5 Å². The van der Waals surface area contributed by atoms with Gasteiger partial charge in [-0.15, -0.1) is 0 Å². The van der Waals surface area contributed by atoms with Crippen LogP contribution in [0, 0.1) is 0 Å². The Morgan fingerprint density at radius 1 is 1.11 bits per heavy atom. The van der Waals surface area contributed by atoms with E-state index < -0.39 is 0 Å². The molecule has 1 fully saturated rings. The molecule has 0 atom stereocenters. The van der Waals surface area contributed by atoms with E-state index in [4.69, 9.17) is 4.98 Å². The number of nitrogens with zero attached hydrogens (tertiary/aromatic N) is 4. The van der Waals surface area contributed by atoms with Crippen molar-refractivity contribution < 1.29 is 0 Å². The zero-order valence-corrected chi connectivity index (χ0v) is 14.5. The smallest absolute Gasteiger partial charge is 0.214 e. The molecule has 4 aromatic heterocycles. The van der Waals surface area contributed by atoms with Crippen molar-refractivity contribution in [1.29, 1.82) is 0 Å². The van der Waals surface area contributed by atoms with E-state index in [1.807, 2.05) is 22.9 Å². The normalized spacial score (nSPS) is 14.2. The number of hydrogen-bond donors (Lipinski definition) is 3. The molecule has 6 rings (SSSR count). The number of nitrogens with one attached hydrogen (secondary N) is 3. The summed E-state index contributed by atoms with van der Waals surface area (Å²) >= 11 is 0. The molecule has 132 valence electrons. The van der Waals surface area contributed by atoms with Crippen LogP contribution in [0.5, 0.6) is 0 Å². The number of rotatable bonds is 4. The lowest BCUT2D eigenvalue weighted by molar-refractivity contribution is 0.964. The zero-order chi connectivity index (χ0) is 17.8. The highest BCUT2D eigenvalue weighted by molar-refractivity contribution is 5.85. The van der Waals surface area contributed by atoms with Gasteiger partial charge in [-0.25, -0.2) is 9.97 Å². The van der Waals surface area contributed by atoms with Crippen molar-refractivity contribution in [2.45, 2.75) is 18.8 Å². The minimum atomic E-state index is 0.633. The van der Waals surface area contributed by atoms with Crippen LogP contribution < -0.4 is 5.32 Å². The van der Waals surface area contributed by atoms with Gasteiger partial charge in [0.15, 0.2) is 5.82 Å². The lowest BCUT2D eigenvalue weighted by Gasteiger charge is -2.09. The van der Waals surface area contributed by atoms with Gasteiger partial charge in [-0.1, -0.05) is 6.07 Å². The van der Waals surface area contributed by atoms with Crippen LogP contribution in [0.4, 0.5) is 11.8 Å². The van der Waals surface area contributed by atoms with Gasteiger partial charge in [-0.05, 0) is 31.0 Å². The Balaban J connectivity index is 1.44. The summed E-state index contributed by atoms with van der Waals surface area (Å²) in [6.07, 6.45) is 8.10. The average molecular weight is 355 g/mol. The van der Waals surface area contributed by atoms with E-state index in [0.29, 0.717) is 11.9 Å². The largest absolute Gasteiger partial charge is 0.361 e. The fourth-order valence-electron chi connectivity index (χ4n) is 3.49. The van der Waals surface area contributed by atoms with Crippen LogP contribution in [-0.2, 0) is 0 Å². The molecule has 0 spiro atoms. The predicted molar refractivity (Wildman–Crippen MR) is 104 cm³/mol. The summed E-state index contributed by atoms with van der Waals surface area (Å²) in [5, 5.41) is 12.0. The van der Waals surface area contributed by atoms with Crippen LogP contribution in [-0.4, -0.2) is 29.5 Å². The standard InChI is InChI=1S/C20H17N7/c1-2-12(1)17-10-18(26-25-17)24-20-23-16(11-19-22-7-8-27(19)20)13-3-4-15-14(9-13)5-6-21-15/h3-12,21H,1-2H2,(H2,23,24,25,26). The number of imidazole rings is 1. The molecule has 7 nitrogen and oxygen atoms in total. The first kappa shape index (κ1) is 14.5. The topological polar surface area (TPSA) is 86.7 Å². The van der Waals surface area contributed by atoms with Crippen molar-refractivity contribution in [3.05, 3.63) is 60.7 Å². The van der Waals surface area contributed by atoms with Crippen LogP contribution in [0.25, 0.3) is 27.8 Å². The Morgan fingerprint density at radius 3 is 3.00 bits per heavy atom. The molecule has 1 aromatic carbocycles. The molecular formula is C20H17N7. The molecule has 0 amide bonds. The molecule has 5 aromatic rings. The zero-order valence-electron chi connectivity index (χ0n) is 14.5. The third kappa shape index (κ3) is 2.47. The molecule has 1 aliphatic carbocycles. The number of hydrogen-bond acceptors (Lipinski definition) is 4. The highest BCUT2D eigenvalue weighted by Gasteiger charge is 2.25. The van der Waals surface area contributed by atoms with Crippen LogP contribution in [0.2, 0.25) is 0 Å². The summed E-state index contributed by atoms with van der Waals surface area (Å²) in [5.41, 5.74) is 5.07. The number of aromatic nitrogens is 6. The fraction of sp³-hybridized carbons (Fsp3) is 0.150. The second kappa shape index (κ2) is 5.44. The van der Waals surface area contributed by atoms with E-state index in [1.165, 1.54) is 18.5 Å². The monoisotopic (exact) mass is 355 g/mol. The Bertz CT molecular complexity index is 1270. The van der Waals surface area contributed by atoms with Crippen LogP contribution in [0.1, 0.15) is 24.5 Å². The van der Waals surface area contributed by atoms with Gasteiger partial charge in [0, 0.05) is 58.8 Å². The molecule has 0 unspecified atom stereocenters. The van der Waals surface area contributed by atoms with Gasteiger partial charge in [0.05, 0.1) is 5.69 Å². The minimum Gasteiger partial charge on any atom is -0.361 e. The molecule has 4 heterocycles. The van der Waals surface area contributed by atoms with E-state index >= 15 is 0 Å². The molecule has 0 bridgehead atoms. The molecule has 7 heteroatoms. The van der Waals surface area contributed by atoms with Gasteiger partial charge in [0.1, 0.15) is 5.65 Å². The number of aromatic amines is 2. The summed E-state index contributed by atoms with van der Waals surface area (Å²) in [6, 6.07) is 12.4. The molecule has 27 heavy (non-hydrogen) atoms. The second-order valence-electron chi connectivity index (χ2n) is 7.01. The van der Waals surface area contributed by atoms with Gasteiger partial charge in [-0.3, -0.25) is 9.50 Å². The molecule has 0 aliphatic heterocycles. The summed E-state index contributed by atoms with van der Waals surface area (Å²) in [4.78, 5) is 12.5. The van der Waals surface area contributed by atoms with Gasteiger partial charge in [0.2, 0.25) is 5.95 Å². The number of anilines is 2. The fourth-order valence-corrected chi connectivity index (χ4v) is 3.49. The quantitative estimate of drug-likeness (QED) is 0.450. The van der Waals surface area contributed by atoms with Gasteiger partial charge < -0.3 is 10.3 Å². The molecule has 0 saturated heterocycles. The van der Waals surface area contributed by atoms with E-state index in [-0.39, 0.29) is 0 Å². The third-order valence-corrected chi connectivity index (χ3v) is 5.09. The summed E-state index contributed by atoms with van der Waals surface area (Å²) < 4.78 is 1.93. The van der Waals surface area contributed by atoms with E-state index in [2.05, 4.69) is 55.8 Å². The minimum absolute atomic E-state index is 0.633. The number of H-pyrrole nitrogens is 2. The van der Waals surface area contributed by atoms with Crippen molar-refractivity contribution in [2.75, 3.05) is 5.32 Å². The van der Waals surface area contributed by atoms with Crippen molar-refractivity contribution in [3.63, 3.8) is 0 Å². The van der Waals surface area contributed by atoms with Crippen LogP contribution in [0.3, 0.4) is 0 Å². The van der Waals surface area contributed by atoms with Crippen LogP contribution >= 0.6 is 0 Å². The highest BCUT2D eigenvalue weighted by Crippen LogP contribution is 2.39. The molecule has 0 radical (unpaired) electrons. The van der Waals surface area contributed by atoms with Crippen molar-refractivity contribution in [3.8, 4) is 11.3 Å². The predicted octanol–water partition coefficient (Wildman–Crippen LogP) is 4.22. The van der Waals surface area contributed by atoms with Crippen molar-refractivity contribution in [2.24, 2.45) is 0 Å². The summed E-state index contributed by atoms with van der Waals surface area (Å²) in [7, 11) is 0. The maximum absolute atomic E-state index is 4.85. The Kier molecular flexibility index (Phi) is 2.93. The number of fused-ring (bicyclic) bond motifs is 2. The average Bonchev–Trinajstić information content (AvgIpc) is 3.10. The molecular weight excluding hydrogens is 338 g/mol. The Labute approximate surface area is 154 Å². The highest BCUT2D eigenvalue weighted by atomic mass is 15.3. The van der Waals surface area contributed by atoms with Gasteiger partial charge in [-0.2, -0.15) is 5.10 Å². The van der Waals surface area contributed by atoms with Gasteiger partial charge >= 0.3 is 0 Å². The maximum atomic E-state index is 4.85. The van der Waals surface area contributed by atoms with Gasteiger partial charge in [0.25, 0.3) is 0 Å². The maximum Gasteiger partial charge on any atom is 0.214 e. The first-order valence-electron chi connectivity index (χ1n) is 9.07. The Morgan fingerprint density at radius 2 is 2.07 bits per heavy atom. The molecule has 3 N–H and O–H groups in total. The Hall–Kier alpha value is -3.61. The van der Waals surface area contributed by atoms with Crippen LogP contribution in [0.15, 0.2) is 55.0 Å². The van der Waals surface area contributed by atoms with E-state index in [0.717, 1.165) is 33.6 Å². The first-order chi connectivity index (χ1) is 13.3. The number of benzene rings is 1. The lowest BCUT2D eigenvalue weighted by Crippen LogP contribution is -2.02. The summed E-state index contributed by atoms with van der Waals surface area (Å²) in [5.74, 6) is 2.11. The molecule has 1 saturated carbocycles. The van der Waals surface area contributed by atoms with Crippen molar-refractivity contribution >= 4 is 28.3 Å². The third-order valence-electron chi connectivity index (χ3n) is 5.09. The van der Waals surface area contributed by atoms with E-state index in [9.17, 15) is 0 Å².